The molecule has 0 unspecified atom stereocenters. The second-order valence-corrected chi connectivity index (χ2v) is 21.3. The van der Waals surface area contributed by atoms with Gasteiger partial charge in [0.2, 0.25) is 0 Å². The van der Waals surface area contributed by atoms with Gasteiger partial charge in [-0.1, -0.05) is 178 Å². The molecule has 3 aromatic heterocycles. The van der Waals surface area contributed by atoms with Crippen molar-refractivity contribution in [1.82, 2.24) is 13.7 Å². The third-order valence-electron chi connectivity index (χ3n) is 16.8. The Kier molecular flexibility index (Phi) is 9.35. The van der Waals surface area contributed by atoms with Crippen molar-refractivity contribution in [3.8, 4) is 39.3 Å². The van der Waals surface area contributed by atoms with Crippen LogP contribution in [0.5, 0.6) is 0 Å². The minimum absolute atomic E-state index is 0.282. The maximum Gasteiger partial charge on any atom is 0.0542 e. The number of anilines is 3. The fourth-order valence-electron chi connectivity index (χ4n) is 13.3. The number of aromatic nitrogens is 3. The zero-order chi connectivity index (χ0) is 50.9. The van der Waals surface area contributed by atoms with E-state index in [2.05, 4.69) is 299 Å². The van der Waals surface area contributed by atoms with Gasteiger partial charge in [-0.15, -0.1) is 0 Å². The Labute approximate surface area is 446 Å². The van der Waals surface area contributed by atoms with E-state index >= 15 is 0 Å². The molecule has 0 saturated heterocycles. The number of rotatable bonds is 7. The monoisotopic (exact) mass is 982 g/mol. The largest absolute Gasteiger partial charge is 0.310 e. The Hall–Kier alpha value is -9.90. The zero-order valence-corrected chi connectivity index (χ0v) is 42.7. The molecule has 4 heteroatoms. The molecule has 0 fully saturated rings. The third-order valence-corrected chi connectivity index (χ3v) is 16.8. The number of hydrogen-bond donors (Lipinski definition) is 0. The van der Waals surface area contributed by atoms with Gasteiger partial charge in [0.1, 0.15) is 0 Å². The van der Waals surface area contributed by atoms with Gasteiger partial charge in [-0.25, -0.2) is 0 Å². The first-order valence-corrected chi connectivity index (χ1v) is 26.8. The van der Waals surface area contributed by atoms with Crippen molar-refractivity contribution in [3.05, 3.63) is 278 Å². The van der Waals surface area contributed by atoms with E-state index in [1.165, 1.54) is 115 Å². The molecule has 0 saturated carbocycles. The maximum absolute atomic E-state index is 2.49. The molecule has 0 radical (unpaired) electrons. The predicted octanol–water partition coefficient (Wildman–Crippen LogP) is 19.6. The molecule has 0 bridgehead atoms. The molecule has 16 rings (SSSR count). The Bertz CT molecular complexity index is 4790. The highest BCUT2D eigenvalue weighted by Gasteiger charge is 2.37. The van der Waals surface area contributed by atoms with Gasteiger partial charge in [-0.05, 0) is 137 Å². The number of nitrogens with zero attached hydrogens (tertiary/aromatic N) is 4. The van der Waals surface area contributed by atoms with E-state index in [-0.39, 0.29) is 5.41 Å². The first kappa shape index (κ1) is 43.5. The van der Waals surface area contributed by atoms with Gasteiger partial charge in [0.25, 0.3) is 0 Å². The molecule has 0 amide bonds. The summed E-state index contributed by atoms with van der Waals surface area (Å²) in [4.78, 5) is 2.49. The van der Waals surface area contributed by atoms with E-state index in [0.29, 0.717) is 0 Å². The van der Waals surface area contributed by atoms with E-state index in [1.54, 1.807) is 0 Å². The predicted molar refractivity (Wildman–Crippen MR) is 325 cm³/mol. The minimum atomic E-state index is -0.282. The summed E-state index contributed by atoms with van der Waals surface area (Å²) in [5, 5.41) is 9.90. The normalized spacial score (nSPS) is 12.9. The Morgan fingerprint density at radius 2 is 0.727 bits per heavy atom. The molecule has 0 N–H and O–H groups in total. The summed E-state index contributed by atoms with van der Waals surface area (Å²) in [6.45, 7) is 4.81. The Morgan fingerprint density at radius 3 is 1.32 bits per heavy atom. The second kappa shape index (κ2) is 16.6. The van der Waals surface area contributed by atoms with Crippen molar-refractivity contribution in [1.29, 1.82) is 0 Å². The lowest BCUT2D eigenvalue weighted by Crippen LogP contribution is -2.17. The molecular formula is C73H50N4. The fraction of sp³-hybridized carbons (Fsp3) is 0.0411. The molecule has 15 aromatic rings. The van der Waals surface area contributed by atoms with Crippen LogP contribution in [0, 0.1) is 0 Å². The van der Waals surface area contributed by atoms with Crippen LogP contribution in [-0.4, -0.2) is 13.7 Å². The van der Waals surface area contributed by atoms with Gasteiger partial charge in [0.05, 0.1) is 44.5 Å². The minimum Gasteiger partial charge on any atom is -0.310 e. The van der Waals surface area contributed by atoms with Crippen LogP contribution >= 0.6 is 0 Å². The van der Waals surface area contributed by atoms with Crippen molar-refractivity contribution < 1.29 is 0 Å². The highest BCUT2D eigenvalue weighted by Crippen LogP contribution is 2.52. The molecule has 4 nitrogen and oxygen atoms in total. The van der Waals surface area contributed by atoms with Gasteiger partial charge in [-0.2, -0.15) is 0 Å². The van der Waals surface area contributed by atoms with Crippen molar-refractivity contribution in [2.24, 2.45) is 0 Å². The highest BCUT2D eigenvalue weighted by molar-refractivity contribution is 6.13. The molecule has 0 spiro atoms. The summed E-state index contributed by atoms with van der Waals surface area (Å²) in [5.74, 6) is 0. The summed E-state index contributed by atoms with van der Waals surface area (Å²) in [7, 11) is 0. The average Bonchev–Trinajstić information content (AvgIpc) is 4.25. The van der Waals surface area contributed by atoms with Gasteiger partial charge in [0.15, 0.2) is 0 Å². The molecule has 362 valence electrons. The fourth-order valence-corrected chi connectivity index (χ4v) is 13.3. The number of benzene rings is 12. The van der Waals surface area contributed by atoms with E-state index in [4.69, 9.17) is 0 Å². The molecule has 1 aliphatic carbocycles. The van der Waals surface area contributed by atoms with Crippen molar-refractivity contribution in [2.75, 3.05) is 4.90 Å². The SMILES string of the molecule is CC1(C)c2cc(N(c3ccc(-c4ccc5c(c4)c4ccccc4n5-c4ccccc4)cc3)c3ccc(-n4c5ccccc5c5ccccc54)c4ccccc34)ccc2-c2ccc(-n3c4ccccc4c4ccccc43)cc21. The van der Waals surface area contributed by atoms with E-state index in [0.717, 1.165) is 28.4 Å². The van der Waals surface area contributed by atoms with Crippen LogP contribution in [-0.2, 0) is 5.41 Å². The lowest BCUT2D eigenvalue weighted by atomic mass is 9.82. The maximum atomic E-state index is 2.49. The molecular weight excluding hydrogens is 933 g/mol. The highest BCUT2D eigenvalue weighted by atomic mass is 15.1. The Morgan fingerprint density at radius 1 is 0.286 bits per heavy atom. The smallest absolute Gasteiger partial charge is 0.0542 e. The summed E-state index contributed by atoms with van der Waals surface area (Å²) < 4.78 is 7.27. The zero-order valence-electron chi connectivity index (χ0n) is 42.7. The van der Waals surface area contributed by atoms with E-state index in [9.17, 15) is 0 Å². The van der Waals surface area contributed by atoms with Crippen LogP contribution in [0.1, 0.15) is 25.0 Å². The first-order chi connectivity index (χ1) is 38.0. The number of fused-ring (bicyclic) bond motifs is 13. The van der Waals surface area contributed by atoms with Crippen molar-refractivity contribution in [2.45, 2.75) is 19.3 Å². The topological polar surface area (TPSA) is 18.0 Å². The lowest BCUT2D eigenvalue weighted by molar-refractivity contribution is 0.660. The quantitative estimate of drug-likeness (QED) is 0.156. The van der Waals surface area contributed by atoms with Gasteiger partial charge >= 0.3 is 0 Å². The molecule has 12 aromatic carbocycles. The molecule has 0 atom stereocenters. The van der Waals surface area contributed by atoms with Gasteiger partial charge in [-0.3, -0.25) is 0 Å². The summed E-state index contributed by atoms with van der Waals surface area (Å²) in [5.41, 5.74) is 21.4. The first-order valence-electron chi connectivity index (χ1n) is 26.8. The number of para-hydroxylation sites is 6. The molecule has 77 heavy (non-hydrogen) atoms. The van der Waals surface area contributed by atoms with Crippen LogP contribution < -0.4 is 4.90 Å². The summed E-state index contributed by atoms with van der Waals surface area (Å²) >= 11 is 0. The van der Waals surface area contributed by atoms with Crippen LogP contribution in [0.15, 0.2) is 267 Å². The summed E-state index contributed by atoms with van der Waals surface area (Å²) in [6, 6.07) is 98.7. The third kappa shape index (κ3) is 6.39. The van der Waals surface area contributed by atoms with Gasteiger partial charge in [0, 0.05) is 71.3 Å². The number of hydrogen-bond acceptors (Lipinski definition) is 1. The van der Waals surface area contributed by atoms with Crippen LogP contribution in [0.3, 0.4) is 0 Å². The van der Waals surface area contributed by atoms with Gasteiger partial charge < -0.3 is 18.6 Å². The molecule has 3 heterocycles. The standard InChI is InChI=1S/C73H50N4/c1-73(2)63-45-51(37-39-53(63)54-40-38-52(46-64(54)73)76-65-27-13-8-22-55(65)56-23-9-14-28-66(56)76)74(70-42-43-71(60-21-7-6-20-59(60)70)77-68-30-16-10-24-57(68)58-25-11-17-31-69(58)77)50-35-32-47(33-36-50)48-34-41-72-62(44-48)61-26-12-15-29-67(61)75(72)49-18-4-3-5-19-49/h3-46H,1-2H3. The second-order valence-electron chi connectivity index (χ2n) is 21.3. The van der Waals surface area contributed by atoms with E-state index < -0.39 is 0 Å². The van der Waals surface area contributed by atoms with E-state index in [1.807, 2.05) is 0 Å². The Balaban J connectivity index is 0.858. The molecule has 1 aliphatic rings. The summed E-state index contributed by atoms with van der Waals surface area (Å²) in [6.07, 6.45) is 0. The molecule has 0 aliphatic heterocycles. The van der Waals surface area contributed by atoms with Crippen LogP contribution in [0.25, 0.3) is 116 Å². The van der Waals surface area contributed by atoms with Crippen molar-refractivity contribution >= 4 is 93.3 Å². The van der Waals surface area contributed by atoms with Crippen LogP contribution in [0.2, 0.25) is 0 Å². The average molecular weight is 983 g/mol. The van der Waals surface area contributed by atoms with Crippen LogP contribution in [0.4, 0.5) is 17.1 Å². The van der Waals surface area contributed by atoms with Crippen molar-refractivity contribution in [3.63, 3.8) is 0 Å². The lowest BCUT2D eigenvalue weighted by Gasteiger charge is -2.30.